The summed E-state index contributed by atoms with van der Waals surface area (Å²) in [5.41, 5.74) is 1.04. The van der Waals surface area contributed by atoms with E-state index in [1.54, 1.807) is 6.92 Å². The molecule has 3 heterocycles. The van der Waals surface area contributed by atoms with Crippen LogP contribution in [-0.4, -0.2) is 62.1 Å². The molecular weight excluding hydrogens is 440 g/mol. The van der Waals surface area contributed by atoms with Gasteiger partial charge in [-0.3, -0.25) is 5.10 Å². The molecule has 1 atom stereocenters. The third-order valence-corrected chi connectivity index (χ3v) is 4.43. The van der Waals surface area contributed by atoms with E-state index < -0.39 is 17.7 Å². The van der Waals surface area contributed by atoms with Crippen molar-refractivity contribution >= 4 is 16.9 Å². The van der Waals surface area contributed by atoms with Crippen LogP contribution in [0.25, 0.3) is 22.3 Å². The van der Waals surface area contributed by atoms with Gasteiger partial charge in [0.15, 0.2) is 17.2 Å². The molecule has 0 spiro atoms. The van der Waals surface area contributed by atoms with Crippen LogP contribution in [0, 0.1) is 11.6 Å². The summed E-state index contributed by atoms with van der Waals surface area (Å²) >= 11 is 0. The number of rotatable bonds is 8. The second-order valence-electron chi connectivity index (χ2n) is 6.84. The van der Waals surface area contributed by atoms with Crippen LogP contribution in [-0.2, 0) is 0 Å². The molecule has 0 aliphatic rings. The number of aliphatic hydroxyl groups excluding tert-OH is 1. The first-order valence-corrected chi connectivity index (χ1v) is 9.66. The number of H-pyrrole nitrogens is 1. The Morgan fingerprint density at radius 2 is 1.94 bits per heavy atom. The smallest absolute Gasteiger partial charge is 0.326 e. The number of hydrogen-bond donors (Lipinski definition) is 3. The van der Waals surface area contributed by atoms with Crippen molar-refractivity contribution in [2.45, 2.75) is 13.0 Å². The molecule has 172 valence electrons. The first-order valence-electron chi connectivity index (χ1n) is 9.66. The zero-order chi connectivity index (χ0) is 23.5. The lowest BCUT2D eigenvalue weighted by Crippen LogP contribution is -2.16. The first-order chi connectivity index (χ1) is 15.9. The molecule has 4 aromatic rings. The van der Waals surface area contributed by atoms with Crippen LogP contribution in [0.2, 0.25) is 0 Å². The topological polar surface area (TPSA) is 140 Å². The lowest BCUT2D eigenvalue weighted by Gasteiger charge is -2.12. The maximum atomic E-state index is 14.0. The molecule has 1 aromatic carbocycles. The van der Waals surface area contributed by atoms with Gasteiger partial charge in [0.25, 0.3) is 0 Å². The maximum absolute atomic E-state index is 14.0. The Balaban J connectivity index is 1.83. The zero-order valence-electron chi connectivity index (χ0n) is 17.8. The highest BCUT2D eigenvalue weighted by molar-refractivity contribution is 5.99. The number of anilines is 1. The predicted octanol–water partition coefficient (Wildman–Crippen LogP) is 2.69. The molecule has 0 aliphatic heterocycles. The molecule has 0 fully saturated rings. The number of halogens is 2. The van der Waals surface area contributed by atoms with Gasteiger partial charge in [-0.05, 0) is 19.1 Å². The van der Waals surface area contributed by atoms with Gasteiger partial charge in [-0.15, -0.1) is 0 Å². The third-order valence-electron chi connectivity index (χ3n) is 4.43. The first kappa shape index (κ1) is 22.1. The van der Waals surface area contributed by atoms with E-state index in [9.17, 15) is 13.9 Å². The Hall–Kier alpha value is -4.13. The van der Waals surface area contributed by atoms with Gasteiger partial charge >= 0.3 is 12.0 Å². The predicted molar refractivity (Wildman–Crippen MR) is 112 cm³/mol. The second-order valence-corrected chi connectivity index (χ2v) is 6.84. The summed E-state index contributed by atoms with van der Waals surface area (Å²) in [5.74, 6) is -1.48. The number of ether oxygens (including phenoxy) is 3. The highest BCUT2D eigenvalue weighted by Crippen LogP contribution is 2.36. The van der Waals surface area contributed by atoms with Crippen molar-refractivity contribution in [1.82, 2.24) is 30.1 Å². The van der Waals surface area contributed by atoms with Crippen LogP contribution in [0.3, 0.4) is 0 Å². The van der Waals surface area contributed by atoms with Gasteiger partial charge in [0, 0.05) is 18.8 Å². The van der Waals surface area contributed by atoms with Crippen LogP contribution >= 0.6 is 0 Å². The van der Waals surface area contributed by atoms with E-state index in [1.165, 1.54) is 20.4 Å². The minimum Gasteiger partial charge on any atom is -0.480 e. The minimum atomic E-state index is -0.917. The SMILES string of the molecule is COc1ncc(-c2[nH]nc3nc(Oc4ccc(F)cc4F)nc(NC[C@H](C)O)c23)c(OC)n1. The van der Waals surface area contributed by atoms with Crippen molar-refractivity contribution in [2.75, 3.05) is 26.1 Å². The normalized spacial score (nSPS) is 11.9. The van der Waals surface area contributed by atoms with Gasteiger partial charge in [-0.25, -0.2) is 13.8 Å². The summed E-state index contributed by atoms with van der Waals surface area (Å²) in [7, 11) is 2.87. The molecular formula is C20H19F2N7O4. The zero-order valence-corrected chi connectivity index (χ0v) is 17.8. The number of fused-ring (bicyclic) bond motifs is 1. The fraction of sp³-hybridized carbons (Fsp3) is 0.250. The Kier molecular flexibility index (Phi) is 6.13. The van der Waals surface area contributed by atoms with Crippen LogP contribution in [0.1, 0.15) is 6.92 Å². The number of nitrogens with zero attached hydrogens (tertiary/aromatic N) is 5. The molecule has 0 aliphatic carbocycles. The molecule has 0 amide bonds. The average molecular weight is 459 g/mol. The van der Waals surface area contributed by atoms with Crippen LogP contribution < -0.4 is 19.5 Å². The molecule has 0 radical (unpaired) electrons. The third kappa shape index (κ3) is 4.57. The van der Waals surface area contributed by atoms with E-state index in [-0.39, 0.29) is 41.7 Å². The summed E-state index contributed by atoms with van der Waals surface area (Å²) in [6.07, 6.45) is 0.775. The highest BCUT2D eigenvalue weighted by atomic mass is 19.1. The summed E-state index contributed by atoms with van der Waals surface area (Å²) in [4.78, 5) is 16.8. The van der Waals surface area contributed by atoms with Gasteiger partial charge in [0.1, 0.15) is 11.6 Å². The van der Waals surface area contributed by atoms with Crippen molar-refractivity contribution in [3.8, 4) is 34.9 Å². The van der Waals surface area contributed by atoms with E-state index in [0.29, 0.717) is 22.7 Å². The Labute approximate surface area is 185 Å². The van der Waals surface area contributed by atoms with Gasteiger partial charge in [-0.1, -0.05) is 0 Å². The monoisotopic (exact) mass is 459 g/mol. The van der Waals surface area contributed by atoms with E-state index in [0.717, 1.165) is 12.1 Å². The second kappa shape index (κ2) is 9.16. The Bertz CT molecular complexity index is 1300. The number of aromatic amines is 1. The molecule has 4 rings (SSSR count). The fourth-order valence-electron chi connectivity index (χ4n) is 2.95. The largest absolute Gasteiger partial charge is 0.480 e. The molecule has 0 saturated carbocycles. The molecule has 3 N–H and O–H groups in total. The van der Waals surface area contributed by atoms with Gasteiger partial charge in [0.2, 0.25) is 5.88 Å². The quantitative estimate of drug-likeness (QED) is 0.360. The number of hydrogen-bond acceptors (Lipinski definition) is 10. The lowest BCUT2D eigenvalue weighted by molar-refractivity contribution is 0.208. The molecule has 3 aromatic heterocycles. The van der Waals surface area contributed by atoms with Crippen molar-refractivity contribution in [3.05, 3.63) is 36.0 Å². The van der Waals surface area contributed by atoms with E-state index in [1.807, 2.05) is 0 Å². The standard InChI is InChI=1S/C20H19F2N7O4/c1-9(30)7-23-16-14-15(11-8-24-19(32-3)27-18(11)31-2)28-29-17(14)26-20(25-16)33-13-5-4-10(21)6-12(13)22/h4-6,8-9,30H,7H2,1-3H3,(H2,23,25,26,28,29)/t9-/m0/s1. The van der Waals surface area contributed by atoms with Crippen molar-refractivity contribution < 1.29 is 28.1 Å². The fourth-order valence-corrected chi connectivity index (χ4v) is 2.95. The van der Waals surface area contributed by atoms with Crippen molar-refractivity contribution in [2.24, 2.45) is 0 Å². The summed E-state index contributed by atoms with van der Waals surface area (Å²) in [6.45, 7) is 1.73. The van der Waals surface area contributed by atoms with Crippen LogP contribution in [0.15, 0.2) is 24.4 Å². The molecule has 33 heavy (non-hydrogen) atoms. The van der Waals surface area contributed by atoms with Gasteiger partial charge in [0.05, 0.1) is 37.0 Å². The summed E-state index contributed by atoms with van der Waals surface area (Å²) in [5, 5.41) is 20.2. The minimum absolute atomic E-state index is 0.111. The van der Waals surface area contributed by atoms with Crippen LogP contribution in [0.5, 0.6) is 23.7 Å². The van der Waals surface area contributed by atoms with Crippen LogP contribution in [0.4, 0.5) is 14.6 Å². The van der Waals surface area contributed by atoms with E-state index in [2.05, 4.69) is 35.5 Å². The van der Waals surface area contributed by atoms with Crippen molar-refractivity contribution in [3.63, 3.8) is 0 Å². The molecule has 13 heteroatoms. The molecule has 0 bridgehead atoms. The summed E-state index contributed by atoms with van der Waals surface area (Å²) in [6, 6.07) is 2.73. The van der Waals surface area contributed by atoms with E-state index in [4.69, 9.17) is 14.2 Å². The number of aliphatic hydroxyl groups is 1. The Morgan fingerprint density at radius 1 is 1.12 bits per heavy atom. The highest BCUT2D eigenvalue weighted by Gasteiger charge is 2.22. The number of nitrogens with one attached hydrogen (secondary N) is 2. The van der Waals surface area contributed by atoms with E-state index >= 15 is 0 Å². The number of aromatic nitrogens is 6. The molecule has 11 nitrogen and oxygen atoms in total. The number of methoxy groups -OCH3 is 2. The molecule has 0 unspecified atom stereocenters. The maximum Gasteiger partial charge on any atom is 0.326 e. The summed E-state index contributed by atoms with van der Waals surface area (Å²) < 4.78 is 43.1. The average Bonchev–Trinajstić information content (AvgIpc) is 3.22. The Morgan fingerprint density at radius 3 is 2.64 bits per heavy atom. The van der Waals surface area contributed by atoms with Crippen molar-refractivity contribution in [1.29, 1.82) is 0 Å². The lowest BCUT2D eigenvalue weighted by atomic mass is 10.1. The van der Waals surface area contributed by atoms with Gasteiger partial charge in [-0.2, -0.15) is 20.1 Å². The molecule has 0 saturated heterocycles. The number of benzene rings is 1. The van der Waals surface area contributed by atoms with Gasteiger partial charge < -0.3 is 24.6 Å².